The quantitative estimate of drug-likeness (QED) is 0.832. The maximum Gasteiger partial charge on any atom is 0.128 e. The second-order valence-electron chi connectivity index (χ2n) is 4.00. The Balaban J connectivity index is 3.06. The van der Waals surface area contributed by atoms with Crippen molar-refractivity contribution in [1.29, 1.82) is 0 Å². The predicted molar refractivity (Wildman–Crippen MR) is 65.9 cm³/mol. The van der Waals surface area contributed by atoms with Gasteiger partial charge in [-0.2, -0.15) is 0 Å². The molecule has 0 spiro atoms. The number of likely N-dealkylation sites (N-methyl/N-ethyl adjacent to an activating group) is 1. The smallest absolute Gasteiger partial charge is 0.128 e. The van der Waals surface area contributed by atoms with E-state index < -0.39 is 0 Å². The van der Waals surface area contributed by atoms with Gasteiger partial charge in [-0.25, -0.2) is 4.39 Å². The van der Waals surface area contributed by atoms with Crippen LogP contribution in [0.2, 0.25) is 0 Å². The summed E-state index contributed by atoms with van der Waals surface area (Å²) in [7, 11) is 0. The predicted octanol–water partition coefficient (Wildman–Crippen LogP) is 2.48. The van der Waals surface area contributed by atoms with Crippen LogP contribution in [0.25, 0.3) is 0 Å². The molecule has 0 saturated carbocycles. The number of halogens is 1. The molecule has 0 aliphatic carbocycles. The summed E-state index contributed by atoms with van der Waals surface area (Å²) in [5, 5.41) is 0. The molecule has 0 aliphatic rings. The highest BCUT2D eigenvalue weighted by Gasteiger charge is 2.19. The lowest BCUT2D eigenvalue weighted by molar-refractivity contribution is 0.219. The van der Waals surface area contributed by atoms with E-state index in [1.165, 1.54) is 6.07 Å². The van der Waals surface area contributed by atoms with Crippen molar-refractivity contribution in [3.05, 3.63) is 35.1 Å². The van der Waals surface area contributed by atoms with Crippen LogP contribution >= 0.6 is 0 Å². The maximum absolute atomic E-state index is 13.8. The fourth-order valence-corrected chi connectivity index (χ4v) is 2.06. The Morgan fingerprint density at radius 1 is 1.31 bits per heavy atom. The van der Waals surface area contributed by atoms with E-state index in [1.807, 2.05) is 13.0 Å². The molecule has 1 aromatic carbocycles. The molecule has 2 N–H and O–H groups in total. The number of rotatable bonds is 5. The Hall–Kier alpha value is -0.930. The van der Waals surface area contributed by atoms with E-state index in [4.69, 9.17) is 5.73 Å². The van der Waals surface area contributed by atoms with Crippen LogP contribution in [-0.4, -0.2) is 24.5 Å². The Morgan fingerprint density at radius 2 is 1.94 bits per heavy atom. The SMILES string of the molecule is CCN(CC)C(CN)c1cc(C)ccc1F. The van der Waals surface area contributed by atoms with E-state index >= 15 is 0 Å². The monoisotopic (exact) mass is 224 g/mol. The molecule has 2 nitrogen and oxygen atoms in total. The molecule has 16 heavy (non-hydrogen) atoms. The first-order valence-corrected chi connectivity index (χ1v) is 5.84. The summed E-state index contributed by atoms with van der Waals surface area (Å²) in [6.45, 7) is 8.32. The third-order valence-corrected chi connectivity index (χ3v) is 2.99. The van der Waals surface area contributed by atoms with Gasteiger partial charge in [0.15, 0.2) is 0 Å². The van der Waals surface area contributed by atoms with E-state index in [0.29, 0.717) is 12.1 Å². The van der Waals surface area contributed by atoms with Crippen molar-refractivity contribution in [2.24, 2.45) is 5.73 Å². The molecule has 0 aromatic heterocycles. The van der Waals surface area contributed by atoms with Gasteiger partial charge in [0, 0.05) is 18.2 Å². The van der Waals surface area contributed by atoms with Crippen molar-refractivity contribution in [1.82, 2.24) is 4.90 Å². The number of hydrogen-bond donors (Lipinski definition) is 1. The molecular weight excluding hydrogens is 203 g/mol. The molecule has 3 heteroatoms. The Labute approximate surface area is 97.3 Å². The first-order valence-electron chi connectivity index (χ1n) is 5.84. The fourth-order valence-electron chi connectivity index (χ4n) is 2.06. The number of benzene rings is 1. The first kappa shape index (κ1) is 13.1. The van der Waals surface area contributed by atoms with Crippen LogP contribution in [-0.2, 0) is 0 Å². The molecule has 0 amide bonds. The van der Waals surface area contributed by atoms with Gasteiger partial charge in [-0.3, -0.25) is 4.90 Å². The molecule has 1 rings (SSSR count). The lowest BCUT2D eigenvalue weighted by Gasteiger charge is -2.29. The summed E-state index contributed by atoms with van der Waals surface area (Å²) >= 11 is 0. The molecule has 0 heterocycles. The standard InChI is InChI=1S/C13H21FN2/c1-4-16(5-2)13(9-15)11-8-10(3)6-7-12(11)14/h6-8,13H,4-5,9,15H2,1-3H3. The Kier molecular flexibility index (Phi) is 4.90. The van der Waals surface area contributed by atoms with Crippen LogP contribution in [0.1, 0.15) is 31.0 Å². The molecule has 1 atom stereocenters. The summed E-state index contributed by atoms with van der Waals surface area (Å²) in [6, 6.07) is 5.19. The van der Waals surface area contributed by atoms with E-state index in [0.717, 1.165) is 18.7 Å². The molecule has 0 radical (unpaired) electrons. The highest BCUT2D eigenvalue weighted by molar-refractivity contribution is 5.27. The Bertz CT molecular complexity index is 335. The molecule has 0 bridgehead atoms. The van der Waals surface area contributed by atoms with Gasteiger partial charge in [0.05, 0.1) is 0 Å². The highest BCUT2D eigenvalue weighted by Crippen LogP contribution is 2.23. The van der Waals surface area contributed by atoms with Crippen molar-refractivity contribution in [3.63, 3.8) is 0 Å². The largest absolute Gasteiger partial charge is 0.329 e. The minimum Gasteiger partial charge on any atom is -0.329 e. The lowest BCUT2D eigenvalue weighted by atomic mass is 10.0. The van der Waals surface area contributed by atoms with Gasteiger partial charge in [0.1, 0.15) is 5.82 Å². The molecule has 0 fully saturated rings. The Morgan fingerprint density at radius 3 is 2.44 bits per heavy atom. The van der Waals surface area contributed by atoms with Crippen molar-refractivity contribution in [2.45, 2.75) is 26.8 Å². The summed E-state index contributed by atoms with van der Waals surface area (Å²) in [5.74, 6) is -0.159. The molecule has 0 aliphatic heterocycles. The minimum atomic E-state index is -0.159. The van der Waals surface area contributed by atoms with Gasteiger partial charge in [0.2, 0.25) is 0 Å². The minimum absolute atomic E-state index is 0.0186. The zero-order valence-corrected chi connectivity index (χ0v) is 10.3. The van der Waals surface area contributed by atoms with Gasteiger partial charge in [-0.15, -0.1) is 0 Å². The number of nitrogens with two attached hydrogens (primary N) is 1. The lowest BCUT2D eigenvalue weighted by Crippen LogP contribution is -2.34. The average molecular weight is 224 g/mol. The van der Waals surface area contributed by atoms with Crippen molar-refractivity contribution in [3.8, 4) is 0 Å². The number of aryl methyl sites for hydroxylation is 1. The third-order valence-electron chi connectivity index (χ3n) is 2.99. The van der Waals surface area contributed by atoms with Crippen LogP contribution < -0.4 is 5.73 Å². The maximum atomic E-state index is 13.8. The van der Waals surface area contributed by atoms with Gasteiger partial charge in [0.25, 0.3) is 0 Å². The first-order chi connectivity index (χ1) is 7.63. The molecule has 1 unspecified atom stereocenters. The zero-order valence-electron chi connectivity index (χ0n) is 10.3. The van der Waals surface area contributed by atoms with Crippen LogP contribution in [0, 0.1) is 12.7 Å². The fraction of sp³-hybridized carbons (Fsp3) is 0.538. The summed E-state index contributed by atoms with van der Waals surface area (Å²) in [6.07, 6.45) is 0. The number of hydrogen-bond acceptors (Lipinski definition) is 2. The molecule has 0 saturated heterocycles. The van der Waals surface area contributed by atoms with Crippen LogP contribution in [0.15, 0.2) is 18.2 Å². The third kappa shape index (κ3) is 2.80. The average Bonchev–Trinajstić information content (AvgIpc) is 2.29. The molecule has 1 aromatic rings. The van der Waals surface area contributed by atoms with E-state index in [9.17, 15) is 4.39 Å². The van der Waals surface area contributed by atoms with Crippen molar-refractivity contribution >= 4 is 0 Å². The zero-order chi connectivity index (χ0) is 12.1. The van der Waals surface area contributed by atoms with Gasteiger partial charge < -0.3 is 5.73 Å². The molecule has 90 valence electrons. The second kappa shape index (κ2) is 5.97. The van der Waals surface area contributed by atoms with E-state index in [2.05, 4.69) is 18.7 Å². The second-order valence-corrected chi connectivity index (χ2v) is 4.00. The highest BCUT2D eigenvalue weighted by atomic mass is 19.1. The summed E-state index contributed by atoms with van der Waals surface area (Å²) in [4.78, 5) is 2.18. The van der Waals surface area contributed by atoms with E-state index in [-0.39, 0.29) is 11.9 Å². The van der Waals surface area contributed by atoms with Gasteiger partial charge in [-0.05, 0) is 26.1 Å². The normalized spacial score (nSPS) is 13.1. The van der Waals surface area contributed by atoms with Gasteiger partial charge in [-0.1, -0.05) is 31.5 Å². The van der Waals surface area contributed by atoms with Crippen molar-refractivity contribution in [2.75, 3.05) is 19.6 Å². The number of nitrogens with zero attached hydrogens (tertiary/aromatic N) is 1. The van der Waals surface area contributed by atoms with Crippen LogP contribution in [0.4, 0.5) is 4.39 Å². The topological polar surface area (TPSA) is 29.3 Å². The summed E-state index contributed by atoms with van der Waals surface area (Å²) < 4.78 is 13.8. The van der Waals surface area contributed by atoms with E-state index in [1.54, 1.807) is 6.07 Å². The molecular formula is C13H21FN2. The van der Waals surface area contributed by atoms with Gasteiger partial charge >= 0.3 is 0 Å². The van der Waals surface area contributed by atoms with Crippen molar-refractivity contribution < 1.29 is 4.39 Å². The van der Waals surface area contributed by atoms with Crippen LogP contribution in [0.5, 0.6) is 0 Å². The summed E-state index contributed by atoms with van der Waals surface area (Å²) in [5.41, 5.74) is 7.55. The van der Waals surface area contributed by atoms with Crippen LogP contribution in [0.3, 0.4) is 0 Å².